The van der Waals surface area contributed by atoms with E-state index in [0.29, 0.717) is 6.54 Å². The molecule has 3 unspecified atom stereocenters. The molecule has 0 saturated carbocycles. The van der Waals surface area contributed by atoms with E-state index in [1.165, 1.54) is 11.0 Å². The van der Waals surface area contributed by atoms with Gasteiger partial charge < -0.3 is 10.2 Å². The van der Waals surface area contributed by atoms with Crippen LogP contribution >= 0.6 is 0 Å². The summed E-state index contributed by atoms with van der Waals surface area (Å²) >= 11 is 0. The number of anilines is 1. The van der Waals surface area contributed by atoms with Crippen LogP contribution in [0.25, 0.3) is 0 Å². The van der Waals surface area contributed by atoms with Crippen LogP contribution in [0.2, 0.25) is 0 Å². The molecule has 4 amide bonds. The number of hydrogen-bond donors (Lipinski definition) is 2. The fourth-order valence-corrected chi connectivity index (χ4v) is 4.43. The lowest BCUT2D eigenvalue weighted by Gasteiger charge is -2.43. The minimum absolute atomic E-state index is 0.0740. The maximum Gasteiger partial charge on any atom is 0.327 e. The van der Waals surface area contributed by atoms with Crippen LogP contribution < -0.4 is 10.7 Å². The Labute approximate surface area is 190 Å². The number of nitrogens with zero attached hydrogens (tertiary/aromatic N) is 3. The van der Waals surface area contributed by atoms with E-state index in [-0.39, 0.29) is 30.7 Å². The molecule has 0 spiro atoms. The molecule has 2 aromatic carbocycles. The van der Waals surface area contributed by atoms with E-state index < -0.39 is 35.7 Å². The van der Waals surface area contributed by atoms with Crippen molar-refractivity contribution in [1.82, 2.24) is 20.2 Å². The van der Waals surface area contributed by atoms with Gasteiger partial charge in [-0.15, -0.1) is 0 Å². The first-order valence-electron chi connectivity index (χ1n) is 10.7. The summed E-state index contributed by atoms with van der Waals surface area (Å²) in [6.45, 7) is 4.00. The molecule has 2 aliphatic heterocycles. The van der Waals surface area contributed by atoms with Crippen molar-refractivity contribution in [2.75, 3.05) is 18.4 Å². The summed E-state index contributed by atoms with van der Waals surface area (Å²) < 4.78 is 26.7. The van der Waals surface area contributed by atoms with Crippen LogP contribution in [0.4, 0.5) is 19.3 Å². The number of likely N-dealkylation sites (N-methyl/N-ethyl adjacent to an activating group) is 1. The van der Waals surface area contributed by atoms with Gasteiger partial charge in [0.2, 0.25) is 5.91 Å². The number of fused-ring (bicyclic) bond motifs is 1. The number of carbonyl (C=O) groups excluding carboxylic acids is 3. The smallest absolute Gasteiger partial charge is 0.324 e. The van der Waals surface area contributed by atoms with Crippen LogP contribution in [-0.4, -0.2) is 63.9 Å². The molecular formula is C23H25F2N5O3. The first-order valence-corrected chi connectivity index (χ1v) is 10.7. The van der Waals surface area contributed by atoms with Gasteiger partial charge in [0.05, 0.1) is 12.6 Å². The average Bonchev–Trinajstić information content (AvgIpc) is 3.14. The van der Waals surface area contributed by atoms with Crippen LogP contribution in [0.5, 0.6) is 0 Å². The van der Waals surface area contributed by atoms with Crippen molar-refractivity contribution in [3.63, 3.8) is 0 Å². The van der Waals surface area contributed by atoms with Gasteiger partial charge in [-0.1, -0.05) is 37.3 Å². The minimum Gasteiger partial charge on any atom is -0.324 e. The van der Waals surface area contributed by atoms with E-state index in [4.69, 9.17) is 0 Å². The summed E-state index contributed by atoms with van der Waals surface area (Å²) in [5.41, 5.74) is 4.07. The predicted octanol–water partition coefficient (Wildman–Crippen LogP) is 2.33. The molecule has 4 rings (SSSR count). The molecule has 0 bridgehead atoms. The molecule has 2 aliphatic rings. The maximum atomic E-state index is 13.5. The van der Waals surface area contributed by atoms with Crippen molar-refractivity contribution in [3.05, 3.63) is 65.7 Å². The molecule has 174 valence electrons. The molecule has 33 heavy (non-hydrogen) atoms. The number of rotatable bonds is 6. The Morgan fingerprint density at radius 3 is 2.48 bits per heavy atom. The van der Waals surface area contributed by atoms with Gasteiger partial charge in [0.25, 0.3) is 5.91 Å². The highest BCUT2D eigenvalue weighted by Gasteiger charge is 2.54. The van der Waals surface area contributed by atoms with E-state index in [9.17, 15) is 23.2 Å². The molecule has 2 N–H and O–H groups in total. The Morgan fingerprint density at radius 1 is 1.09 bits per heavy atom. The number of halogens is 2. The Hall–Kier alpha value is -3.37. The van der Waals surface area contributed by atoms with Gasteiger partial charge in [-0.2, -0.15) is 0 Å². The van der Waals surface area contributed by atoms with Crippen LogP contribution in [-0.2, 0) is 16.1 Å². The molecule has 0 aliphatic carbocycles. The van der Waals surface area contributed by atoms with Gasteiger partial charge >= 0.3 is 6.03 Å². The fourth-order valence-electron chi connectivity index (χ4n) is 4.43. The van der Waals surface area contributed by atoms with Crippen molar-refractivity contribution in [2.24, 2.45) is 0 Å². The highest BCUT2D eigenvalue weighted by molar-refractivity contribution is 6.03. The second-order valence-electron chi connectivity index (χ2n) is 8.14. The Balaban J connectivity index is 1.59. The monoisotopic (exact) mass is 457 g/mol. The van der Waals surface area contributed by atoms with Gasteiger partial charge in [-0.05, 0) is 24.6 Å². The van der Waals surface area contributed by atoms with Gasteiger partial charge in [0.1, 0.15) is 12.6 Å². The Morgan fingerprint density at radius 2 is 1.82 bits per heavy atom. The SMILES string of the molecule is CCN1NC(C)C2C1C(=O)N(Cc1ccccc1)C(=O)N2CC(=O)Nc1ccc(F)c(F)c1. The van der Waals surface area contributed by atoms with Gasteiger partial charge in [-0.3, -0.25) is 14.5 Å². The molecule has 2 aromatic rings. The summed E-state index contributed by atoms with van der Waals surface area (Å²) in [6.07, 6.45) is 0. The van der Waals surface area contributed by atoms with Crippen LogP contribution in [0.15, 0.2) is 48.5 Å². The minimum atomic E-state index is -1.09. The molecule has 0 radical (unpaired) electrons. The van der Waals surface area contributed by atoms with Crippen molar-refractivity contribution in [2.45, 2.75) is 38.5 Å². The fraction of sp³-hybridized carbons (Fsp3) is 0.348. The number of hydrazine groups is 1. The van der Waals surface area contributed by atoms with Crippen molar-refractivity contribution < 1.29 is 23.2 Å². The maximum absolute atomic E-state index is 13.5. The second kappa shape index (κ2) is 9.24. The first kappa shape index (κ1) is 22.8. The molecule has 0 aromatic heterocycles. The van der Waals surface area contributed by atoms with Crippen LogP contribution in [0.3, 0.4) is 0 Å². The number of nitrogens with one attached hydrogen (secondary N) is 2. The lowest BCUT2D eigenvalue weighted by atomic mass is 9.97. The third-order valence-electron chi connectivity index (χ3n) is 5.94. The van der Waals surface area contributed by atoms with Crippen molar-refractivity contribution >= 4 is 23.5 Å². The summed E-state index contributed by atoms with van der Waals surface area (Å²) in [6, 6.07) is 10.1. The van der Waals surface area contributed by atoms with Gasteiger partial charge in [-0.25, -0.2) is 24.0 Å². The highest BCUT2D eigenvalue weighted by Crippen LogP contribution is 2.29. The van der Waals surface area contributed by atoms with Gasteiger partial charge in [0.15, 0.2) is 11.6 Å². The summed E-state index contributed by atoms with van der Waals surface area (Å²) in [5, 5.41) is 4.28. The van der Waals surface area contributed by atoms with E-state index in [0.717, 1.165) is 22.6 Å². The molecular weight excluding hydrogens is 432 g/mol. The van der Waals surface area contributed by atoms with Crippen molar-refractivity contribution in [1.29, 1.82) is 0 Å². The number of amides is 4. The van der Waals surface area contributed by atoms with Crippen LogP contribution in [0.1, 0.15) is 19.4 Å². The topological polar surface area (TPSA) is 85.0 Å². The zero-order valence-electron chi connectivity index (χ0n) is 18.3. The lowest BCUT2D eigenvalue weighted by Crippen LogP contribution is -2.67. The quantitative estimate of drug-likeness (QED) is 0.696. The lowest BCUT2D eigenvalue weighted by molar-refractivity contribution is -0.140. The zero-order valence-corrected chi connectivity index (χ0v) is 18.3. The molecule has 2 heterocycles. The number of benzene rings is 2. The third kappa shape index (κ3) is 4.44. The predicted molar refractivity (Wildman–Crippen MR) is 117 cm³/mol. The highest BCUT2D eigenvalue weighted by atomic mass is 19.2. The standard InChI is InChI=1S/C23H25F2N5O3/c1-3-30-21-20(14(2)27-30)28(13-19(31)26-16-9-10-17(24)18(25)11-16)23(33)29(22(21)32)12-15-7-5-4-6-8-15/h4-11,14,20-21,27H,3,12-13H2,1-2H3,(H,26,31). The van der Waals surface area contributed by atoms with E-state index >= 15 is 0 Å². The Bertz CT molecular complexity index is 1070. The van der Waals surface area contributed by atoms with Gasteiger partial charge in [0, 0.05) is 24.3 Å². The summed E-state index contributed by atoms with van der Waals surface area (Å²) in [7, 11) is 0. The largest absolute Gasteiger partial charge is 0.327 e. The Kier molecular flexibility index (Phi) is 6.39. The number of hydrogen-bond acceptors (Lipinski definition) is 5. The molecule has 3 atom stereocenters. The van der Waals surface area contributed by atoms with E-state index in [1.807, 2.05) is 44.2 Å². The number of urea groups is 1. The van der Waals surface area contributed by atoms with E-state index in [1.54, 1.807) is 5.01 Å². The first-order chi connectivity index (χ1) is 15.8. The number of carbonyl (C=O) groups is 3. The summed E-state index contributed by atoms with van der Waals surface area (Å²) in [5.74, 6) is -3.02. The zero-order chi connectivity index (χ0) is 23.7. The molecule has 2 fully saturated rings. The summed E-state index contributed by atoms with van der Waals surface area (Å²) in [4.78, 5) is 42.0. The third-order valence-corrected chi connectivity index (χ3v) is 5.94. The van der Waals surface area contributed by atoms with Crippen LogP contribution in [0, 0.1) is 11.6 Å². The molecule has 8 nitrogen and oxygen atoms in total. The molecule has 2 saturated heterocycles. The average molecular weight is 457 g/mol. The van der Waals surface area contributed by atoms with E-state index in [2.05, 4.69) is 10.7 Å². The molecule has 10 heteroatoms. The number of imide groups is 1. The second-order valence-corrected chi connectivity index (χ2v) is 8.14. The normalized spacial score (nSPS) is 23.1. The van der Waals surface area contributed by atoms with Crippen molar-refractivity contribution in [3.8, 4) is 0 Å².